The number of hydrogen-bond donors (Lipinski definition) is 0. The molecule has 1 heterocycles. The topological polar surface area (TPSA) is 40.6 Å². The molecule has 3 aliphatic rings. The van der Waals surface area contributed by atoms with Gasteiger partial charge in [-0.1, -0.05) is 12.2 Å². The van der Waals surface area contributed by atoms with Gasteiger partial charge in [0.05, 0.1) is 6.26 Å². The molecule has 2 fully saturated rings. The van der Waals surface area contributed by atoms with E-state index >= 15 is 0 Å². The Morgan fingerprint density at radius 2 is 1.83 bits per heavy atom. The molecule has 102 valence electrons. The largest absolute Gasteiger partial charge is 0.300 e. The molecule has 2 bridgehead atoms. The third kappa shape index (κ3) is 2.49. The van der Waals surface area contributed by atoms with Crippen molar-refractivity contribution in [3.8, 4) is 0 Å². The maximum absolute atomic E-state index is 11.4. The second-order valence-electron chi connectivity index (χ2n) is 6.00. The van der Waals surface area contributed by atoms with Crippen LogP contribution >= 0.6 is 0 Å². The number of piperazine rings is 1. The van der Waals surface area contributed by atoms with E-state index in [1.54, 1.807) is 4.31 Å². The average Bonchev–Trinajstić information content (AvgIpc) is 2.90. The predicted octanol–water partition coefficient (Wildman–Crippen LogP) is 0.776. The van der Waals surface area contributed by atoms with E-state index in [-0.39, 0.29) is 0 Å². The summed E-state index contributed by atoms with van der Waals surface area (Å²) in [6, 6.07) is 0. The molecule has 1 aliphatic heterocycles. The van der Waals surface area contributed by atoms with E-state index in [0.29, 0.717) is 13.1 Å². The first-order valence-corrected chi connectivity index (χ1v) is 8.73. The fourth-order valence-corrected chi connectivity index (χ4v) is 4.51. The average molecular weight is 270 g/mol. The maximum Gasteiger partial charge on any atom is 0.211 e. The van der Waals surface area contributed by atoms with Crippen LogP contribution in [0.5, 0.6) is 0 Å². The van der Waals surface area contributed by atoms with Crippen molar-refractivity contribution in [3.63, 3.8) is 0 Å². The predicted molar refractivity (Wildman–Crippen MR) is 71.7 cm³/mol. The van der Waals surface area contributed by atoms with Crippen LogP contribution in [0.25, 0.3) is 0 Å². The smallest absolute Gasteiger partial charge is 0.211 e. The van der Waals surface area contributed by atoms with Gasteiger partial charge in [0.1, 0.15) is 0 Å². The summed E-state index contributed by atoms with van der Waals surface area (Å²) in [6.07, 6.45) is 8.78. The Morgan fingerprint density at radius 3 is 2.33 bits per heavy atom. The molecule has 0 spiro atoms. The van der Waals surface area contributed by atoms with Crippen LogP contribution in [0.2, 0.25) is 0 Å². The van der Waals surface area contributed by atoms with Crippen molar-refractivity contribution >= 4 is 10.0 Å². The zero-order chi connectivity index (χ0) is 12.8. The highest BCUT2D eigenvalue weighted by Crippen LogP contribution is 2.43. The molecule has 5 heteroatoms. The molecule has 1 saturated heterocycles. The molecule has 1 saturated carbocycles. The summed E-state index contributed by atoms with van der Waals surface area (Å²) >= 11 is 0. The van der Waals surface area contributed by atoms with Crippen LogP contribution in [0.4, 0.5) is 0 Å². The van der Waals surface area contributed by atoms with E-state index in [4.69, 9.17) is 0 Å². The van der Waals surface area contributed by atoms with Gasteiger partial charge in [-0.3, -0.25) is 0 Å². The fraction of sp³-hybridized carbons (Fsp3) is 0.846. The van der Waals surface area contributed by atoms with Crippen LogP contribution < -0.4 is 0 Å². The first-order chi connectivity index (χ1) is 8.52. The normalized spacial score (nSPS) is 37.5. The van der Waals surface area contributed by atoms with Gasteiger partial charge in [0.15, 0.2) is 0 Å². The molecule has 0 aromatic rings. The van der Waals surface area contributed by atoms with Gasteiger partial charge in [-0.25, -0.2) is 8.42 Å². The SMILES string of the molecule is CS(=O)(=O)N1CCN(C[C@H]2C[C@H]3C=C[C@@H]2C3)CC1. The Morgan fingerprint density at radius 1 is 1.11 bits per heavy atom. The van der Waals surface area contributed by atoms with Gasteiger partial charge in [-0.05, 0) is 30.6 Å². The minimum Gasteiger partial charge on any atom is -0.300 e. The Labute approximate surface area is 110 Å². The van der Waals surface area contributed by atoms with Gasteiger partial charge in [-0.15, -0.1) is 0 Å². The highest BCUT2D eigenvalue weighted by Gasteiger charge is 2.37. The first-order valence-electron chi connectivity index (χ1n) is 6.88. The quantitative estimate of drug-likeness (QED) is 0.712. The number of rotatable bonds is 3. The lowest BCUT2D eigenvalue weighted by molar-refractivity contribution is 0.156. The number of nitrogens with zero attached hydrogens (tertiary/aromatic N) is 2. The molecule has 4 nitrogen and oxygen atoms in total. The Kier molecular flexibility index (Phi) is 3.24. The molecule has 0 aromatic carbocycles. The maximum atomic E-state index is 11.4. The van der Waals surface area contributed by atoms with Gasteiger partial charge < -0.3 is 4.90 Å². The Balaban J connectivity index is 1.50. The minimum atomic E-state index is -2.99. The summed E-state index contributed by atoms with van der Waals surface area (Å²) in [4.78, 5) is 2.45. The van der Waals surface area contributed by atoms with E-state index < -0.39 is 10.0 Å². The number of hydrogen-bond acceptors (Lipinski definition) is 3. The molecule has 3 atom stereocenters. The van der Waals surface area contributed by atoms with Gasteiger partial charge in [0.25, 0.3) is 0 Å². The third-order valence-electron chi connectivity index (χ3n) is 4.71. The lowest BCUT2D eigenvalue weighted by Gasteiger charge is -2.35. The van der Waals surface area contributed by atoms with E-state index in [1.807, 2.05) is 0 Å². The zero-order valence-corrected chi connectivity index (χ0v) is 11.8. The molecule has 0 radical (unpaired) electrons. The van der Waals surface area contributed by atoms with Crippen LogP contribution in [-0.2, 0) is 10.0 Å². The second kappa shape index (κ2) is 4.62. The second-order valence-corrected chi connectivity index (χ2v) is 7.99. The summed E-state index contributed by atoms with van der Waals surface area (Å²) in [5.41, 5.74) is 0. The summed E-state index contributed by atoms with van der Waals surface area (Å²) in [7, 11) is -2.99. The van der Waals surface area contributed by atoms with Gasteiger partial charge in [0.2, 0.25) is 10.0 Å². The summed E-state index contributed by atoms with van der Waals surface area (Å²) in [5, 5.41) is 0. The van der Waals surface area contributed by atoms with Crippen molar-refractivity contribution in [1.82, 2.24) is 9.21 Å². The summed E-state index contributed by atoms with van der Waals surface area (Å²) in [5.74, 6) is 2.44. The minimum absolute atomic E-state index is 0.662. The number of allylic oxidation sites excluding steroid dienone is 2. The number of sulfonamides is 1. The van der Waals surface area contributed by atoms with Crippen molar-refractivity contribution in [2.45, 2.75) is 12.8 Å². The third-order valence-corrected chi connectivity index (χ3v) is 6.01. The van der Waals surface area contributed by atoms with Crippen LogP contribution in [-0.4, -0.2) is 56.6 Å². The molecule has 0 unspecified atom stereocenters. The lowest BCUT2D eigenvalue weighted by atomic mass is 9.93. The van der Waals surface area contributed by atoms with Crippen LogP contribution in [0, 0.1) is 17.8 Å². The highest BCUT2D eigenvalue weighted by atomic mass is 32.2. The zero-order valence-electron chi connectivity index (χ0n) is 11.0. The highest BCUT2D eigenvalue weighted by molar-refractivity contribution is 7.88. The summed E-state index contributed by atoms with van der Waals surface area (Å²) < 4.78 is 24.5. The van der Waals surface area contributed by atoms with Gasteiger partial charge >= 0.3 is 0 Å². The standard InChI is InChI=1S/C13H22N2O2S/c1-18(16,17)15-6-4-14(5-7-15)10-13-9-11-2-3-12(13)8-11/h2-3,11-13H,4-10H2,1H3/t11-,12+,13+/m0/s1. The lowest BCUT2D eigenvalue weighted by Crippen LogP contribution is -2.49. The van der Waals surface area contributed by atoms with Crippen molar-refractivity contribution in [3.05, 3.63) is 12.2 Å². The fourth-order valence-electron chi connectivity index (χ4n) is 3.68. The molecular formula is C13H22N2O2S. The molecule has 0 N–H and O–H groups in total. The van der Waals surface area contributed by atoms with Crippen molar-refractivity contribution in [2.24, 2.45) is 17.8 Å². The van der Waals surface area contributed by atoms with Crippen molar-refractivity contribution in [2.75, 3.05) is 39.0 Å². The molecule has 0 aromatic heterocycles. The first kappa shape index (κ1) is 12.6. The van der Waals surface area contributed by atoms with E-state index in [0.717, 1.165) is 37.4 Å². The molecule has 3 rings (SSSR count). The molecular weight excluding hydrogens is 248 g/mol. The molecule has 18 heavy (non-hydrogen) atoms. The number of fused-ring (bicyclic) bond motifs is 2. The van der Waals surface area contributed by atoms with Crippen molar-refractivity contribution in [1.29, 1.82) is 0 Å². The molecule has 2 aliphatic carbocycles. The van der Waals surface area contributed by atoms with E-state index in [2.05, 4.69) is 17.1 Å². The molecule has 0 amide bonds. The summed E-state index contributed by atoms with van der Waals surface area (Å²) in [6.45, 7) is 4.27. The van der Waals surface area contributed by atoms with Gasteiger partial charge in [0, 0.05) is 32.7 Å². The van der Waals surface area contributed by atoms with Crippen molar-refractivity contribution < 1.29 is 8.42 Å². The Hall–Kier alpha value is -0.390. The van der Waals surface area contributed by atoms with E-state index in [1.165, 1.54) is 19.1 Å². The van der Waals surface area contributed by atoms with Crippen LogP contribution in [0.15, 0.2) is 12.2 Å². The van der Waals surface area contributed by atoms with Crippen LogP contribution in [0.1, 0.15) is 12.8 Å². The monoisotopic (exact) mass is 270 g/mol. The van der Waals surface area contributed by atoms with Gasteiger partial charge in [-0.2, -0.15) is 4.31 Å². The van der Waals surface area contributed by atoms with E-state index in [9.17, 15) is 8.42 Å². The van der Waals surface area contributed by atoms with Crippen LogP contribution in [0.3, 0.4) is 0 Å². The Bertz CT molecular complexity index is 438.